The number of hydrogen-bond acceptors (Lipinski definition) is 8. The van der Waals surface area contributed by atoms with Crippen molar-refractivity contribution in [3.8, 4) is 0 Å². The lowest BCUT2D eigenvalue weighted by Gasteiger charge is -2.20. The number of amides is 4. The maximum absolute atomic E-state index is 11.8. The van der Waals surface area contributed by atoms with Crippen molar-refractivity contribution in [1.82, 2.24) is 20.9 Å². The molecule has 0 saturated carbocycles. The molecule has 1 saturated heterocycles. The van der Waals surface area contributed by atoms with Crippen molar-refractivity contribution in [3.05, 3.63) is 27.8 Å². The number of urea groups is 1. The first kappa shape index (κ1) is 12.7. The van der Waals surface area contributed by atoms with Crippen LogP contribution in [0.15, 0.2) is 16.8 Å². The molecule has 21 heavy (non-hydrogen) atoms. The predicted octanol–water partition coefficient (Wildman–Crippen LogP) is -0.419. The highest BCUT2D eigenvalue weighted by molar-refractivity contribution is 6.20. The molecule has 1 aromatic heterocycles. The van der Waals surface area contributed by atoms with Crippen molar-refractivity contribution in [2.45, 2.75) is 5.92 Å². The summed E-state index contributed by atoms with van der Waals surface area (Å²) in [5.74, 6) is -3.10. The summed E-state index contributed by atoms with van der Waals surface area (Å²) < 4.78 is 4.44. The second kappa shape index (κ2) is 4.33. The van der Waals surface area contributed by atoms with E-state index in [9.17, 15) is 24.5 Å². The first-order valence-electron chi connectivity index (χ1n) is 5.54. The lowest BCUT2D eigenvalue weighted by molar-refractivity contribution is -0.383. The van der Waals surface area contributed by atoms with Crippen LogP contribution in [0.25, 0.3) is 11.0 Å². The molecule has 3 rings (SSSR count). The molecule has 1 fully saturated rings. The van der Waals surface area contributed by atoms with Crippen LogP contribution < -0.4 is 10.6 Å². The van der Waals surface area contributed by atoms with Crippen molar-refractivity contribution in [2.75, 3.05) is 0 Å². The molecule has 106 valence electrons. The van der Waals surface area contributed by atoms with Crippen LogP contribution in [0.1, 0.15) is 11.5 Å². The van der Waals surface area contributed by atoms with E-state index in [0.717, 1.165) is 6.07 Å². The second-order valence-electron chi connectivity index (χ2n) is 4.13. The molecule has 0 radical (unpaired) electrons. The first-order valence-corrected chi connectivity index (χ1v) is 5.54. The lowest BCUT2D eigenvalue weighted by Crippen LogP contribution is -2.54. The van der Waals surface area contributed by atoms with Gasteiger partial charge in [0.1, 0.15) is 11.4 Å². The summed E-state index contributed by atoms with van der Waals surface area (Å²) in [5.41, 5.74) is -0.592. The lowest BCUT2D eigenvalue weighted by atomic mass is 9.94. The maximum Gasteiger partial charge on any atom is 0.328 e. The van der Waals surface area contributed by atoms with Crippen LogP contribution in [0.4, 0.5) is 10.5 Å². The monoisotopic (exact) mass is 291 g/mol. The fourth-order valence-corrected chi connectivity index (χ4v) is 2.05. The van der Waals surface area contributed by atoms with Crippen LogP contribution in [-0.2, 0) is 9.59 Å². The molecular formula is C10H5N5O6. The molecular weight excluding hydrogens is 286 g/mol. The molecule has 4 amide bonds. The van der Waals surface area contributed by atoms with Crippen LogP contribution in [0.3, 0.4) is 0 Å². The van der Waals surface area contributed by atoms with Gasteiger partial charge >= 0.3 is 11.7 Å². The third-order valence-corrected chi connectivity index (χ3v) is 2.93. The van der Waals surface area contributed by atoms with Gasteiger partial charge in [-0.2, -0.15) is 0 Å². The molecule has 0 unspecified atom stereocenters. The van der Waals surface area contributed by atoms with Gasteiger partial charge < -0.3 is 0 Å². The minimum atomic E-state index is -1.38. The van der Waals surface area contributed by atoms with E-state index in [1.54, 1.807) is 0 Å². The van der Waals surface area contributed by atoms with Crippen molar-refractivity contribution in [2.24, 2.45) is 0 Å². The molecule has 0 bridgehead atoms. The standard InChI is InChI=1S/C10H5N5O6/c16-8-5(9(17)12-10(18)11-8)3-1-2-4(15(19)20)7-6(3)13-21-14-7/h1-2,5H,(H2,11,12,16,17,18). The topological polar surface area (TPSA) is 157 Å². The van der Waals surface area contributed by atoms with Crippen molar-refractivity contribution >= 4 is 34.6 Å². The number of nitro groups is 1. The zero-order valence-electron chi connectivity index (χ0n) is 10.0. The molecule has 2 N–H and O–H groups in total. The van der Waals surface area contributed by atoms with E-state index in [-0.39, 0.29) is 22.3 Å². The average molecular weight is 291 g/mol. The summed E-state index contributed by atoms with van der Waals surface area (Å²) in [5, 5.41) is 21.6. The minimum absolute atomic E-state index is 0.0550. The average Bonchev–Trinajstić information content (AvgIpc) is 2.86. The number of benzene rings is 1. The fraction of sp³-hybridized carbons (Fsp3) is 0.100. The number of carbonyl (C=O) groups excluding carboxylic acids is 3. The third kappa shape index (κ3) is 1.87. The molecule has 1 aliphatic heterocycles. The summed E-state index contributed by atoms with van der Waals surface area (Å²) in [4.78, 5) is 44.8. The molecule has 1 aromatic carbocycles. The summed E-state index contributed by atoms with van der Waals surface area (Å²) in [6.07, 6.45) is 0. The van der Waals surface area contributed by atoms with Crippen LogP contribution in [0.2, 0.25) is 0 Å². The number of fused-ring (bicyclic) bond motifs is 1. The second-order valence-corrected chi connectivity index (χ2v) is 4.13. The van der Waals surface area contributed by atoms with Crippen LogP contribution >= 0.6 is 0 Å². The Kier molecular flexibility index (Phi) is 2.61. The van der Waals surface area contributed by atoms with Crippen LogP contribution in [0, 0.1) is 10.1 Å². The van der Waals surface area contributed by atoms with E-state index < -0.39 is 28.7 Å². The number of non-ortho nitro benzene ring substituents is 1. The molecule has 0 spiro atoms. The number of carbonyl (C=O) groups is 3. The zero-order chi connectivity index (χ0) is 15.1. The molecule has 11 nitrogen and oxygen atoms in total. The van der Waals surface area contributed by atoms with Gasteiger partial charge in [0.25, 0.3) is 0 Å². The minimum Gasteiger partial charge on any atom is -0.277 e. The number of nitrogens with zero attached hydrogens (tertiary/aromatic N) is 3. The van der Waals surface area contributed by atoms with Crippen LogP contribution in [-0.4, -0.2) is 33.1 Å². The Morgan fingerprint density at radius 1 is 1.10 bits per heavy atom. The summed E-state index contributed by atoms with van der Waals surface area (Å²) >= 11 is 0. The quantitative estimate of drug-likeness (QED) is 0.429. The number of imide groups is 2. The fourth-order valence-electron chi connectivity index (χ4n) is 2.05. The van der Waals surface area contributed by atoms with Crippen LogP contribution in [0.5, 0.6) is 0 Å². The number of aromatic nitrogens is 2. The van der Waals surface area contributed by atoms with E-state index in [0.29, 0.717) is 0 Å². The Morgan fingerprint density at radius 3 is 2.33 bits per heavy atom. The van der Waals surface area contributed by atoms with Gasteiger partial charge in [-0.05, 0) is 16.4 Å². The number of hydrogen-bond donors (Lipinski definition) is 2. The number of nitro benzene ring substituents is 1. The van der Waals surface area contributed by atoms with Gasteiger partial charge in [-0.25, -0.2) is 9.42 Å². The Bertz CT molecular complexity index is 791. The van der Waals surface area contributed by atoms with Gasteiger partial charge in [0, 0.05) is 11.6 Å². The highest BCUT2D eigenvalue weighted by atomic mass is 16.6. The molecule has 2 aromatic rings. The Morgan fingerprint density at radius 2 is 1.71 bits per heavy atom. The van der Waals surface area contributed by atoms with E-state index in [4.69, 9.17) is 0 Å². The van der Waals surface area contributed by atoms with Gasteiger partial charge in [-0.15, -0.1) is 0 Å². The highest BCUT2D eigenvalue weighted by Gasteiger charge is 2.38. The van der Waals surface area contributed by atoms with Crippen molar-refractivity contribution in [3.63, 3.8) is 0 Å². The van der Waals surface area contributed by atoms with Gasteiger partial charge in [-0.3, -0.25) is 30.3 Å². The van der Waals surface area contributed by atoms with Gasteiger partial charge in [0.05, 0.1) is 4.92 Å². The van der Waals surface area contributed by atoms with E-state index in [1.807, 2.05) is 10.6 Å². The highest BCUT2D eigenvalue weighted by Crippen LogP contribution is 2.30. The molecule has 0 aliphatic carbocycles. The Balaban J connectivity index is 2.18. The van der Waals surface area contributed by atoms with E-state index in [1.165, 1.54) is 6.07 Å². The maximum atomic E-state index is 11.8. The van der Waals surface area contributed by atoms with E-state index >= 15 is 0 Å². The Hall–Kier alpha value is -3.37. The smallest absolute Gasteiger partial charge is 0.277 e. The third-order valence-electron chi connectivity index (χ3n) is 2.93. The molecule has 11 heteroatoms. The zero-order valence-corrected chi connectivity index (χ0v) is 10.0. The molecule has 2 heterocycles. The SMILES string of the molecule is O=C1NC(=O)C(c2ccc([N+](=O)[O-])c3nonc23)C(=O)N1. The number of rotatable bonds is 2. The molecule has 0 atom stereocenters. The largest absolute Gasteiger partial charge is 0.328 e. The van der Waals surface area contributed by atoms with Gasteiger partial charge in [0.15, 0.2) is 0 Å². The first-order chi connectivity index (χ1) is 9.99. The number of nitrogens with one attached hydrogen (secondary N) is 2. The van der Waals surface area contributed by atoms with Gasteiger partial charge in [0.2, 0.25) is 17.3 Å². The normalized spacial score (nSPS) is 15.9. The van der Waals surface area contributed by atoms with Crippen molar-refractivity contribution < 1.29 is 23.9 Å². The summed E-state index contributed by atoms with van der Waals surface area (Å²) in [7, 11) is 0. The molecule has 1 aliphatic rings. The van der Waals surface area contributed by atoms with Gasteiger partial charge in [-0.1, -0.05) is 0 Å². The number of barbiturate groups is 1. The van der Waals surface area contributed by atoms with Crippen molar-refractivity contribution in [1.29, 1.82) is 0 Å². The Labute approximate surface area is 114 Å². The summed E-state index contributed by atoms with van der Waals surface area (Å²) in [6, 6.07) is 1.35. The van der Waals surface area contributed by atoms with E-state index in [2.05, 4.69) is 14.9 Å². The predicted molar refractivity (Wildman–Crippen MR) is 62.9 cm³/mol. The summed E-state index contributed by atoms with van der Waals surface area (Å²) in [6.45, 7) is 0.